The highest BCUT2D eigenvalue weighted by Gasteiger charge is 2.19. The zero-order valence-corrected chi connectivity index (χ0v) is 24.2. The highest BCUT2D eigenvalue weighted by atomic mass is 16.5. The van der Waals surface area contributed by atoms with Crippen LogP contribution in [0.5, 0.6) is 0 Å². The molecule has 222 valence electrons. The Kier molecular flexibility index (Phi) is 7.98. The Balaban J connectivity index is 1.24. The maximum absolute atomic E-state index is 12.6. The minimum absolute atomic E-state index is 0.111. The fourth-order valence-electron chi connectivity index (χ4n) is 4.89. The molecule has 0 saturated carbocycles. The highest BCUT2D eigenvalue weighted by molar-refractivity contribution is 6.00. The number of urea groups is 1. The van der Waals surface area contributed by atoms with Crippen LogP contribution in [0, 0.1) is 0 Å². The summed E-state index contributed by atoms with van der Waals surface area (Å²) in [5, 5.41) is 6.51. The number of rotatable bonds is 6. The number of carbonyl (C=O) groups excluding carboxylic acids is 2. The lowest BCUT2D eigenvalue weighted by Gasteiger charge is -2.29. The lowest BCUT2D eigenvalue weighted by atomic mass is 10.1. The summed E-state index contributed by atoms with van der Waals surface area (Å²) in [7, 11) is 3.37. The van der Waals surface area contributed by atoms with E-state index in [4.69, 9.17) is 14.7 Å². The molecule has 0 radical (unpaired) electrons. The van der Waals surface area contributed by atoms with Gasteiger partial charge in [0.15, 0.2) is 5.82 Å². The lowest BCUT2D eigenvalue weighted by molar-refractivity contribution is 0.0827. The third-order valence-corrected chi connectivity index (χ3v) is 7.19. The SMILES string of the molecule is CN(C)C(=O)c1ccc(NC(=O)Nc2ccc(-c3nc(N4CCOCC4)c4ccc(-c5cnc(=O)[nH]c5)cc4n3)cc2)cc1. The molecule has 0 unspecified atom stereocenters. The average molecular weight is 591 g/mol. The molecule has 2 aromatic heterocycles. The molecule has 12 nitrogen and oxygen atoms in total. The number of anilines is 3. The van der Waals surface area contributed by atoms with Crippen molar-refractivity contribution >= 4 is 40.0 Å². The van der Waals surface area contributed by atoms with E-state index in [1.807, 2.05) is 30.3 Å². The molecule has 12 heteroatoms. The highest BCUT2D eigenvalue weighted by Crippen LogP contribution is 2.31. The number of aromatic nitrogens is 4. The second-order valence-electron chi connectivity index (χ2n) is 10.4. The summed E-state index contributed by atoms with van der Waals surface area (Å²) in [6, 6.07) is 19.5. The maximum Gasteiger partial charge on any atom is 0.344 e. The topological polar surface area (TPSA) is 145 Å². The van der Waals surface area contributed by atoms with E-state index in [0.29, 0.717) is 49.1 Å². The van der Waals surface area contributed by atoms with Crippen molar-refractivity contribution in [2.24, 2.45) is 0 Å². The molecule has 1 fully saturated rings. The Morgan fingerprint density at radius 2 is 1.52 bits per heavy atom. The number of morpholine rings is 1. The number of carbonyl (C=O) groups is 2. The van der Waals surface area contributed by atoms with Gasteiger partial charge in [-0.1, -0.05) is 6.07 Å². The van der Waals surface area contributed by atoms with Crippen LogP contribution in [0.2, 0.25) is 0 Å². The van der Waals surface area contributed by atoms with Crippen LogP contribution in [0.25, 0.3) is 33.4 Å². The summed E-state index contributed by atoms with van der Waals surface area (Å²) in [4.78, 5) is 56.2. The monoisotopic (exact) mass is 590 g/mol. The van der Waals surface area contributed by atoms with Gasteiger partial charge in [0.25, 0.3) is 5.91 Å². The number of nitrogens with one attached hydrogen (secondary N) is 3. The molecule has 0 aliphatic carbocycles. The maximum atomic E-state index is 12.6. The van der Waals surface area contributed by atoms with Gasteiger partial charge in [-0.3, -0.25) is 4.79 Å². The van der Waals surface area contributed by atoms with Crippen LogP contribution in [0.3, 0.4) is 0 Å². The van der Waals surface area contributed by atoms with E-state index in [2.05, 4.69) is 25.5 Å². The summed E-state index contributed by atoms with van der Waals surface area (Å²) in [6.07, 6.45) is 3.17. The summed E-state index contributed by atoms with van der Waals surface area (Å²) < 4.78 is 5.56. The number of nitrogens with zero attached hydrogens (tertiary/aromatic N) is 5. The predicted molar refractivity (Wildman–Crippen MR) is 169 cm³/mol. The Morgan fingerprint density at radius 1 is 0.864 bits per heavy atom. The van der Waals surface area contributed by atoms with Gasteiger partial charge in [0, 0.05) is 73.0 Å². The Labute approximate surface area is 252 Å². The van der Waals surface area contributed by atoms with Gasteiger partial charge >= 0.3 is 11.7 Å². The number of aromatic amines is 1. The molecule has 0 spiro atoms. The summed E-state index contributed by atoms with van der Waals surface area (Å²) >= 11 is 0. The normalized spacial score (nSPS) is 13.0. The molecule has 0 atom stereocenters. The van der Waals surface area contributed by atoms with Gasteiger partial charge in [0.05, 0.1) is 18.7 Å². The largest absolute Gasteiger partial charge is 0.378 e. The average Bonchev–Trinajstić information content (AvgIpc) is 3.05. The molecule has 1 aliphatic rings. The number of fused-ring (bicyclic) bond motifs is 1. The van der Waals surface area contributed by atoms with Crippen LogP contribution >= 0.6 is 0 Å². The minimum Gasteiger partial charge on any atom is -0.378 e. The fourth-order valence-corrected chi connectivity index (χ4v) is 4.89. The lowest BCUT2D eigenvalue weighted by Crippen LogP contribution is -2.37. The van der Waals surface area contributed by atoms with Crippen molar-refractivity contribution in [1.29, 1.82) is 0 Å². The zero-order valence-electron chi connectivity index (χ0n) is 24.2. The molecule has 44 heavy (non-hydrogen) atoms. The smallest absolute Gasteiger partial charge is 0.344 e. The standard InChI is InChI=1S/C32H30N8O4/c1-39(2)30(41)21-5-10-25(11-6-21)36-32(43)35-24-8-3-20(4-9-24)28-37-27-17-22(23-18-33-31(42)34-19-23)7-12-26(27)29(38-28)40-13-15-44-16-14-40/h3-12,17-19H,13-16H2,1-2H3,(H,33,34,42)(H2,35,36,43). The van der Waals surface area contributed by atoms with E-state index < -0.39 is 11.7 Å². The van der Waals surface area contributed by atoms with E-state index in [0.717, 1.165) is 33.4 Å². The van der Waals surface area contributed by atoms with Crippen LogP contribution in [-0.2, 0) is 4.74 Å². The van der Waals surface area contributed by atoms with Crippen molar-refractivity contribution in [3.63, 3.8) is 0 Å². The van der Waals surface area contributed by atoms with Crippen molar-refractivity contribution in [1.82, 2.24) is 24.8 Å². The first-order valence-corrected chi connectivity index (χ1v) is 14.0. The van der Waals surface area contributed by atoms with E-state index in [1.165, 1.54) is 11.1 Å². The number of benzene rings is 3. The first kappa shape index (κ1) is 28.5. The molecule has 3 N–H and O–H groups in total. The van der Waals surface area contributed by atoms with Crippen LogP contribution in [0.4, 0.5) is 22.0 Å². The van der Waals surface area contributed by atoms with Gasteiger partial charge in [0.1, 0.15) is 5.82 Å². The van der Waals surface area contributed by atoms with Crippen molar-refractivity contribution in [3.8, 4) is 22.5 Å². The van der Waals surface area contributed by atoms with Crippen molar-refractivity contribution in [2.75, 3.05) is 55.9 Å². The first-order chi connectivity index (χ1) is 21.3. The molecule has 3 heterocycles. The van der Waals surface area contributed by atoms with Gasteiger partial charge in [-0.15, -0.1) is 0 Å². The van der Waals surface area contributed by atoms with Gasteiger partial charge in [0.2, 0.25) is 0 Å². The summed E-state index contributed by atoms with van der Waals surface area (Å²) in [6.45, 7) is 2.65. The van der Waals surface area contributed by atoms with Crippen molar-refractivity contribution in [3.05, 3.63) is 95.2 Å². The van der Waals surface area contributed by atoms with Crippen LogP contribution in [0.1, 0.15) is 10.4 Å². The molecule has 3 aromatic carbocycles. The molecule has 6 rings (SSSR count). The van der Waals surface area contributed by atoms with Crippen LogP contribution < -0.4 is 21.2 Å². The van der Waals surface area contributed by atoms with Gasteiger partial charge in [-0.2, -0.15) is 0 Å². The van der Waals surface area contributed by atoms with E-state index >= 15 is 0 Å². The third-order valence-electron chi connectivity index (χ3n) is 7.19. The summed E-state index contributed by atoms with van der Waals surface area (Å²) in [5.41, 5.74) is 4.45. The molecular formula is C32H30N8O4. The molecule has 1 saturated heterocycles. The second kappa shape index (κ2) is 12.3. The Morgan fingerprint density at radius 3 is 2.16 bits per heavy atom. The Hall–Kier alpha value is -5.62. The molecule has 3 amide bonds. The molecule has 1 aliphatic heterocycles. The minimum atomic E-state index is -0.412. The molecular weight excluding hydrogens is 560 g/mol. The molecule has 5 aromatic rings. The number of ether oxygens (including phenoxy) is 1. The van der Waals surface area contributed by atoms with Gasteiger partial charge in [-0.25, -0.2) is 24.5 Å². The second-order valence-corrected chi connectivity index (χ2v) is 10.4. The van der Waals surface area contributed by atoms with Crippen LogP contribution in [-0.4, -0.2) is 77.2 Å². The van der Waals surface area contributed by atoms with Gasteiger partial charge in [-0.05, 0) is 66.2 Å². The molecule has 0 bridgehead atoms. The van der Waals surface area contributed by atoms with Gasteiger partial charge < -0.3 is 30.2 Å². The number of amides is 3. The number of hydrogen-bond donors (Lipinski definition) is 3. The number of H-pyrrole nitrogens is 1. The van der Waals surface area contributed by atoms with Crippen molar-refractivity contribution in [2.45, 2.75) is 0 Å². The Bertz CT molecular complexity index is 1860. The fraction of sp³-hybridized carbons (Fsp3) is 0.188. The predicted octanol–water partition coefficient (Wildman–Crippen LogP) is 4.23. The van der Waals surface area contributed by atoms with Crippen molar-refractivity contribution < 1.29 is 14.3 Å². The zero-order chi connectivity index (χ0) is 30.6. The van der Waals surface area contributed by atoms with Crippen LogP contribution in [0.15, 0.2) is 83.9 Å². The third kappa shape index (κ3) is 6.25. The number of hydrogen-bond acceptors (Lipinski definition) is 8. The van der Waals surface area contributed by atoms with E-state index in [9.17, 15) is 14.4 Å². The quantitative estimate of drug-likeness (QED) is 0.266. The first-order valence-electron chi connectivity index (χ1n) is 14.0. The van der Waals surface area contributed by atoms with E-state index in [-0.39, 0.29) is 5.91 Å². The van der Waals surface area contributed by atoms with E-state index in [1.54, 1.807) is 56.7 Å². The summed E-state index contributed by atoms with van der Waals surface area (Å²) in [5.74, 6) is 1.25.